The second-order valence-corrected chi connectivity index (χ2v) is 4.35. The van der Waals surface area contributed by atoms with Crippen LogP contribution >= 0.6 is 0 Å². The van der Waals surface area contributed by atoms with E-state index in [1.54, 1.807) is 0 Å². The zero-order valence-corrected chi connectivity index (χ0v) is 7.95. The van der Waals surface area contributed by atoms with Crippen molar-refractivity contribution in [1.29, 1.82) is 0 Å². The summed E-state index contributed by atoms with van der Waals surface area (Å²) >= 11 is 0. The lowest BCUT2D eigenvalue weighted by Gasteiger charge is -2.35. The van der Waals surface area contributed by atoms with Crippen LogP contribution in [-0.4, -0.2) is 22.9 Å². The molecule has 2 heteroatoms. The van der Waals surface area contributed by atoms with Crippen LogP contribution in [0.15, 0.2) is 11.6 Å². The monoisotopic (exact) mass is 182 g/mol. The minimum atomic E-state index is -0.394. The molecule has 0 spiro atoms. The maximum absolute atomic E-state index is 9.67. The predicted octanol–water partition coefficient (Wildman–Crippen LogP) is 1.48. The van der Waals surface area contributed by atoms with Gasteiger partial charge >= 0.3 is 0 Å². The Bertz CT molecular complexity index is 210. The molecule has 0 aliphatic heterocycles. The summed E-state index contributed by atoms with van der Waals surface area (Å²) in [7, 11) is 0. The minimum absolute atomic E-state index is 0.0897. The number of allylic oxidation sites excluding steroid dienone is 1. The molecular weight excluding hydrogens is 164 g/mol. The molecule has 0 bridgehead atoms. The molecule has 74 valence electrons. The fourth-order valence-corrected chi connectivity index (χ4v) is 2.64. The van der Waals surface area contributed by atoms with Crippen LogP contribution in [0.4, 0.5) is 0 Å². The summed E-state index contributed by atoms with van der Waals surface area (Å²) in [4.78, 5) is 0. The molecule has 13 heavy (non-hydrogen) atoms. The molecule has 0 aromatic heterocycles. The molecule has 2 aliphatic carbocycles. The number of rotatable bonds is 1. The Morgan fingerprint density at radius 2 is 2.23 bits per heavy atom. The zero-order valence-electron chi connectivity index (χ0n) is 7.95. The van der Waals surface area contributed by atoms with Crippen molar-refractivity contribution in [2.75, 3.05) is 6.61 Å². The van der Waals surface area contributed by atoms with Crippen molar-refractivity contribution in [1.82, 2.24) is 0 Å². The summed E-state index contributed by atoms with van der Waals surface area (Å²) in [5, 5.41) is 18.7. The fraction of sp³-hybridized carbons (Fsp3) is 0.818. The molecule has 0 saturated heterocycles. The third-order valence-corrected chi connectivity index (χ3v) is 3.48. The van der Waals surface area contributed by atoms with Gasteiger partial charge in [-0.3, -0.25) is 0 Å². The first-order valence-corrected chi connectivity index (χ1v) is 5.30. The van der Waals surface area contributed by atoms with E-state index in [-0.39, 0.29) is 12.5 Å². The Kier molecular flexibility index (Phi) is 2.70. The first-order chi connectivity index (χ1) is 6.31. The average molecular weight is 182 g/mol. The van der Waals surface area contributed by atoms with Gasteiger partial charge in [0.2, 0.25) is 0 Å². The van der Waals surface area contributed by atoms with E-state index in [4.69, 9.17) is 5.11 Å². The molecule has 0 unspecified atom stereocenters. The lowest BCUT2D eigenvalue weighted by molar-refractivity contribution is 0.0729. The third-order valence-electron chi connectivity index (χ3n) is 3.48. The van der Waals surface area contributed by atoms with Gasteiger partial charge < -0.3 is 10.2 Å². The zero-order chi connectivity index (χ0) is 9.26. The largest absolute Gasteiger partial charge is 0.396 e. The van der Waals surface area contributed by atoms with E-state index in [1.165, 1.54) is 31.3 Å². The van der Waals surface area contributed by atoms with Crippen LogP contribution < -0.4 is 0 Å². The molecule has 0 amide bonds. The SMILES string of the molecule is OC[C@@H]1C[C@H]2CCCCC2=C[C@H]1O. The molecule has 0 radical (unpaired) electrons. The second-order valence-electron chi connectivity index (χ2n) is 4.35. The van der Waals surface area contributed by atoms with E-state index in [1.807, 2.05) is 6.08 Å². The molecule has 1 saturated carbocycles. The summed E-state index contributed by atoms with van der Waals surface area (Å²) in [5.74, 6) is 0.751. The topological polar surface area (TPSA) is 40.5 Å². The lowest BCUT2D eigenvalue weighted by atomic mass is 9.73. The maximum atomic E-state index is 9.67. The summed E-state index contributed by atoms with van der Waals surface area (Å²) < 4.78 is 0. The van der Waals surface area contributed by atoms with E-state index in [0.717, 1.165) is 6.42 Å². The van der Waals surface area contributed by atoms with Crippen molar-refractivity contribution < 1.29 is 10.2 Å². The van der Waals surface area contributed by atoms with Crippen molar-refractivity contribution in [3.8, 4) is 0 Å². The van der Waals surface area contributed by atoms with E-state index in [9.17, 15) is 5.11 Å². The van der Waals surface area contributed by atoms with E-state index in [2.05, 4.69) is 0 Å². The molecule has 3 atom stereocenters. The van der Waals surface area contributed by atoms with Crippen molar-refractivity contribution in [2.45, 2.75) is 38.2 Å². The molecule has 0 heterocycles. The van der Waals surface area contributed by atoms with Gasteiger partial charge in [0.25, 0.3) is 0 Å². The Balaban J connectivity index is 2.11. The molecule has 2 nitrogen and oxygen atoms in total. The van der Waals surface area contributed by atoms with E-state index < -0.39 is 6.10 Å². The fourth-order valence-electron chi connectivity index (χ4n) is 2.64. The highest BCUT2D eigenvalue weighted by molar-refractivity contribution is 5.16. The Morgan fingerprint density at radius 1 is 1.38 bits per heavy atom. The van der Waals surface area contributed by atoms with Crippen molar-refractivity contribution in [2.24, 2.45) is 11.8 Å². The van der Waals surface area contributed by atoms with Gasteiger partial charge in [-0.1, -0.05) is 18.1 Å². The van der Waals surface area contributed by atoms with Gasteiger partial charge in [0.15, 0.2) is 0 Å². The van der Waals surface area contributed by atoms with Crippen LogP contribution in [0.1, 0.15) is 32.1 Å². The van der Waals surface area contributed by atoms with Crippen molar-refractivity contribution >= 4 is 0 Å². The van der Waals surface area contributed by atoms with Gasteiger partial charge in [0.05, 0.1) is 6.10 Å². The van der Waals surface area contributed by atoms with E-state index >= 15 is 0 Å². The van der Waals surface area contributed by atoms with Crippen molar-refractivity contribution in [3.63, 3.8) is 0 Å². The summed E-state index contributed by atoms with van der Waals surface area (Å²) in [6.07, 6.45) is 7.61. The maximum Gasteiger partial charge on any atom is 0.0773 e. The Hall–Kier alpha value is -0.340. The number of hydrogen-bond acceptors (Lipinski definition) is 2. The normalized spacial score (nSPS) is 39.5. The highest BCUT2D eigenvalue weighted by atomic mass is 16.3. The number of fused-ring (bicyclic) bond motifs is 1. The molecule has 2 aliphatic rings. The van der Waals surface area contributed by atoms with Gasteiger partial charge in [0, 0.05) is 12.5 Å². The molecule has 1 fully saturated rings. The van der Waals surface area contributed by atoms with Gasteiger partial charge in [0.1, 0.15) is 0 Å². The molecule has 0 aromatic carbocycles. The van der Waals surface area contributed by atoms with Crippen LogP contribution in [0, 0.1) is 11.8 Å². The Morgan fingerprint density at radius 3 is 3.00 bits per heavy atom. The van der Waals surface area contributed by atoms with Crippen molar-refractivity contribution in [3.05, 3.63) is 11.6 Å². The smallest absolute Gasteiger partial charge is 0.0773 e. The minimum Gasteiger partial charge on any atom is -0.396 e. The second kappa shape index (κ2) is 3.81. The van der Waals surface area contributed by atoms with Crippen LogP contribution in [0.2, 0.25) is 0 Å². The van der Waals surface area contributed by atoms with Crippen LogP contribution in [-0.2, 0) is 0 Å². The summed E-state index contributed by atoms with van der Waals surface area (Å²) in [6, 6.07) is 0. The van der Waals surface area contributed by atoms with Gasteiger partial charge in [-0.2, -0.15) is 0 Å². The van der Waals surface area contributed by atoms with E-state index in [0.29, 0.717) is 5.92 Å². The number of hydrogen-bond donors (Lipinski definition) is 2. The number of aliphatic hydroxyl groups is 2. The Labute approximate surface area is 79.3 Å². The summed E-state index contributed by atoms with van der Waals surface area (Å²) in [6.45, 7) is 0.126. The molecule has 2 N–H and O–H groups in total. The van der Waals surface area contributed by atoms with Gasteiger partial charge in [-0.25, -0.2) is 0 Å². The molecule has 2 rings (SSSR count). The third kappa shape index (κ3) is 1.79. The lowest BCUT2D eigenvalue weighted by Crippen LogP contribution is -2.31. The van der Waals surface area contributed by atoms with Gasteiger partial charge in [-0.15, -0.1) is 0 Å². The first-order valence-electron chi connectivity index (χ1n) is 5.30. The average Bonchev–Trinajstić information content (AvgIpc) is 2.17. The number of aliphatic hydroxyl groups excluding tert-OH is 2. The standard InChI is InChI=1S/C11H18O2/c12-7-10-5-8-3-1-2-4-9(8)6-11(10)13/h6,8,10-13H,1-5,7H2/t8-,10+,11-/m1/s1. The van der Waals surface area contributed by atoms with Crippen LogP contribution in [0.3, 0.4) is 0 Å². The van der Waals surface area contributed by atoms with Crippen LogP contribution in [0.5, 0.6) is 0 Å². The quantitative estimate of drug-likeness (QED) is 0.603. The predicted molar refractivity (Wildman–Crippen MR) is 51.2 cm³/mol. The van der Waals surface area contributed by atoms with Crippen LogP contribution in [0.25, 0.3) is 0 Å². The molecular formula is C11H18O2. The highest BCUT2D eigenvalue weighted by Crippen LogP contribution is 2.38. The molecule has 0 aromatic rings. The first kappa shape index (κ1) is 9.22. The van der Waals surface area contributed by atoms with Gasteiger partial charge in [-0.05, 0) is 31.6 Å². The highest BCUT2D eigenvalue weighted by Gasteiger charge is 2.30. The summed E-state index contributed by atoms with van der Waals surface area (Å²) in [5.41, 5.74) is 1.45.